The van der Waals surface area contributed by atoms with Gasteiger partial charge in [-0.15, -0.1) is 0 Å². The standard InChI is InChI=1S/C16H18FN3O2/c1-19(2)15(13-4-3-5-14(17)10-13)11-18-16(21)12-6-8-20(22)9-7-12/h3-10,15H,11H2,1-2H3,(H,18,21). The van der Waals surface area contributed by atoms with Gasteiger partial charge in [0.15, 0.2) is 12.4 Å². The largest absolute Gasteiger partial charge is 0.619 e. The first-order valence-corrected chi connectivity index (χ1v) is 6.86. The molecule has 1 aromatic heterocycles. The minimum atomic E-state index is -0.307. The number of rotatable bonds is 5. The number of carbonyl (C=O) groups excluding carboxylic acids is 1. The number of halogens is 1. The molecular weight excluding hydrogens is 285 g/mol. The average molecular weight is 303 g/mol. The van der Waals surface area contributed by atoms with E-state index in [4.69, 9.17) is 0 Å². The predicted molar refractivity (Wildman–Crippen MR) is 80.6 cm³/mol. The third kappa shape index (κ3) is 4.02. The second-order valence-electron chi connectivity index (χ2n) is 5.19. The van der Waals surface area contributed by atoms with Crippen molar-refractivity contribution in [2.24, 2.45) is 0 Å². The minimum absolute atomic E-state index is 0.146. The third-order valence-electron chi connectivity index (χ3n) is 3.38. The number of benzene rings is 1. The summed E-state index contributed by atoms with van der Waals surface area (Å²) in [4.78, 5) is 14.0. The van der Waals surface area contributed by atoms with E-state index in [1.54, 1.807) is 6.07 Å². The Bertz CT molecular complexity index is 644. The lowest BCUT2D eigenvalue weighted by Crippen LogP contribution is -2.35. The highest BCUT2D eigenvalue weighted by atomic mass is 19.1. The van der Waals surface area contributed by atoms with Crippen molar-refractivity contribution < 1.29 is 13.9 Å². The molecule has 1 unspecified atom stereocenters. The van der Waals surface area contributed by atoms with Crippen LogP contribution in [0.15, 0.2) is 48.8 Å². The summed E-state index contributed by atoms with van der Waals surface area (Å²) in [6.45, 7) is 0.335. The summed E-state index contributed by atoms with van der Waals surface area (Å²) in [6.07, 6.45) is 2.54. The van der Waals surface area contributed by atoms with Crippen molar-refractivity contribution in [3.05, 3.63) is 70.9 Å². The van der Waals surface area contributed by atoms with E-state index in [2.05, 4.69) is 5.32 Å². The molecule has 0 bridgehead atoms. The van der Waals surface area contributed by atoms with Gasteiger partial charge in [-0.2, -0.15) is 4.73 Å². The molecule has 0 aliphatic carbocycles. The summed E-state index contributed by atoms with van der Waals surface area (Å²) in [6, 6.07) is 9.07. The highest BCUT2D eigenvalue weighted by Crippen LogP contribution is 2.18. The summed E-state index contributed by atoms with van der Waals surface area (Å²) in [7, 11) is 3.73. The highest BCUT2D eigenvalue weighted by Gasteiger charge is 2.16. The van der Waals surface area contributed by atoms with Crippen LogP contribution < -0.4 is 10.0 Å². The number of pyridine rings is 1. The van der Waals surface area contributed by atoms with Crippen molar-refractivity contribution >= 4 is 5.91 Å². The Hall–Kier alpha value is -2.47. The lowest BCUT2D eigenvalue weighted by Gasteiger charge is -2.25. The van der Waals surface area contributed by atoms with E-state index in [0.29, 0.717) is 16.8 Å². The Kier molecular flexibility index (Phi) is 5.06. The number of carbonyl (C=O) groups is 1. The first-order valence-electron chi connectivity index (χ1n) is 6.86. The van der Waals surface area contributed by atoms with Crippen LogP contribution in [0.2, 0.25) is 0 Å². The molecule has 5 nitrogen and oxygen atoms in total. The summed E-state index contributed by atoms with van der Waals surface area (Å²) >= 11 is 0. The molecule has 0 aliphatic heterocycles. The second kappa shape index (κ2) is 7.00. The van der Waals surface area contributed by atoms with E-state index < -0.39 is 0 Å². The molecule has 2 aromatic rings. The van der Waals surface area contributed by atoms with Crippen LogP contribution in [0.1, 0.15) is 22.0 Å². The highest BCUT2D eigenvalue weighted by molar-refractivity contribution is 5.93. The Balaban J connectivity index is 2.06. The monoisotopic (exact) mass is 303 g/mol. The molecule has 0 radical (unpaired) electrons. The molecule has 6 heteroatoms. The summed E-state index contributed by atoms with van der Waals surface area (Å²) in [5, 5.41) is 13.8. The zero-order chi connectivity index (χ0) is 16.1. The fraction of sp³-hybridized carbons (Fsp3) is 0.250. The first-order chi connectivity index (χ1) is 10.5. The van der Waals surface area contributed by atoms with Gasteiger partial charge in [0.1, 0.15) is 5.82 Å². The van der Waals surface area contributed by atoms with Crippen molar-refractivity contribution in [1.82, 2.24) is 10.2 Å². The Morgan fingerprint density at radius 1 is 1.32 bits per heavy atom. The SMILES string of the molecule is CN(C)C(CNC(=O)c1cc[n+]([O-])cc1)c1cccc(F)c1. The number of hydrogen-bond donors (Lipinski definition) is 1. The quantitative estimate of drug-likeness (QED) is 0.672. The van der Waals surface area contributed by atoms with Gasteiger partial charge in [0.25, 0.3) is 5.91 Å². The lowest BCUT2D eigenvalue weighted by atomic mass is 10.1. The van der Waals surface area contributed by atoms with Crippen LogP contribution in [-0.4, -0.2) is 31.4 Å². The molecule has 1 amide bonds. The van der Waals surface area contributed by atoms with Gasteiger partial charge in [-0.1, -0.05) is 12.1 Å². The molecule has 0 saturated heterocycles. The van der Waals surface area contributed by atoms with Crippen molar-refractivity contribution in [3.8, 4) is 0 Å². The van der Waals surface area contributed by atoms with Crippen molar-refractivity contribution in [2.45, 2.75) is 6.04 Å². The van der Waals surface area contributed by atoms with Gasteiger partial charge in [0, 0.05) is 18.7 Å². The number of nitrogens with zero attached hydrogens (tertiary/aromatic N) is 2. The number of aromatic nitrogens is 1. The van der Waals surface area contributed by atoms with Crippen LogP contribution in [-0.2, 0) is 0 Å². The zero-order valence-electron chi connectivity index (χ0n) is 12.5. The summed E-state index contributed by atoms with van der Waals surface area (Å²) in [5.41, 5.74) is 1.19. The van der Waals surface area contributed by atoms with Gasteiger partial charge in [-0.05, 0) is 31.8 Å². The van der Waals surface area contributed by atoms with Crippen molar-refractivity contribution in [3.63, 3.8) is 0 Å². The zero-order valence-corrected chi connectivity index (χ0v) is 12.5. The lowest BCUT2D eigenvalue weighted by molar-refractivity contribution is -0.605. The molecule has 0 saturated carbocycles. The maximum atomic E-state index is 13.4. The number of amides is 1. The van der Waals surface area contributed by atoms with E-state index in [9.17, 15) is 14.4 Å². The number of likely N-dealkylation sites (N-methyl/N-ethyl adjacent to an activating group) is 1. The normalized spacial score (nSPS) is 12.2. The fourth-order valence-corrected chi connectivity index (χ4v) is 2.17. The number of hydrogen-bond acceptors (Lipinski definition) is 3. The van der Waals surface area contributed by atoms with Gasteiger partial charge in [0.05, 0.1) is 11.6 Å². The molecule has 2 rings (SSSR count). The molecule has 22 heavy (non-hydrogen) atoms. The van der Waals surface area contributed by atoms with Gasteiger partial charge in [-0.25, -0.2) is 4.39 Å². The summed E-state index contributed by atoms with van der Waals surface area (Å²) < 4.78 is 14.0. The Morgan fingerprint density at radius 3 is 2.59 bits per heavy atom. The van der Waals surface area contributed by atoms with E-state index in [-0.39, 0.29) is 17.8 Å². The number of nitrogens with one attached hydrogen (secondary N) is 1. The van der Waals surface area contributed by atoms with Crippen molar-refractivity contribution in [2.75, 3.05) is 20.6 Å². The minimum Gasteiger partial charge on any atom is -0.619 e. The molecule has 116 valence electrons. The topological polar surface area (TPSA) is 59.3 Å². The third-order valence-corrected chi connectivity index (χ3v) is 3.38. The molecule has 1 atom stereocenters. The fourth-order valence-electron chi connectivity index (χ4n) is 2.17. The van der Waals surface area contributed by atoms with Crippen LogP contribution >= 0.6 is 0 Å². The van der Waals surface area contributed by atoms with Crippen LogP contribution in [0.4, 0.5) is 4.39 Å². The molecule has 0 aliphatic rings. The van der Waals surface area contributed by atoms with Gasteiger partial charge >= 0.3 is 0 Å². The van der Waals surface area contributed by atoms with Crippen molar-refractivity contribution in [1.29, 1.82) is 0 Å². The van der Waals surface area contributed by atoms with Crippen LogP contribution in [0.5, 0.6) is 0 Å². The first kappa shape index (κ1) is 15.9. The van der Waals surface area contributed by atoms with E-state index in [0.717, 1.165) is 5.56 Å². The van der Waals surface area contributed by atoms with Gasteiger partial charge in [0.2, 0.25) is 0 Å². The average Bonchev–Trinajstić information content (AvgIpc) is 2.47. The smallest absolute Gasteiger partial charge is 0.251 e. The maximum absolute atomic E-state index is 13.4. The van der Waals surface area contributed by atoms with Crippen LogP contribution in [0.3, 0.4) is 0 Å². The molecule has 1 aromatic carbocycles. The second-order valence-corrected chi connectivity index (χ2v) is 5.19. The Morgan fingerprint density at radius 2 is 2.00 bits per heavy atom. The molecule has 0 spiro atoms. The van der Waals surface area contributed by atoms with Crippen LogP contribution in [0, 0.1) is 11.0 Å². The summed E-state index contributed by atoms with van der Waals surface area (Å²) in [5.74, 6) is -0.581. The van der Waals surface area contributed by atoms with Crippen LogP contribution in [0.25, 0.3) is 0 Å². The van der Waals surface area contributed by atoms with E-state index in [1.165, 1.54) is 36.7 Å². The Labute approximate surface area is 128 Å². The molecular formula is C16H18FN3O2. The van der Waals surface area contributed by atoms with E-state index in [1.807, 2.05) is 25.1 Å². The maximum Gasteiger partial charge on any atom is 0.251 e. The molecule has 0 fully saturated rings. The van der Waals surface area contributed by atoms with Gasteiger partial charge in [-0.3, -0.25) is 4.79 Å². The molecule has 1 heterocycles. The van der Waals surface area contributed by atoms with E-state index >= 15 is 0 Å². The molecule has 1 N–H and O–H groups in total. The van der Waals surface area contributed by atoms with Gasteiger partial charge < -0.3 is 15.4 Å². The predicted octanol–water partition coefficient (Wildman–Crippen LogP) is 1.49.